The Hall–Kier alpha value is -0.600. The molecule has 1 aliphatic carbocycles. The minimum absolute atomic E-state index is 0.486. The molecule has 0 radical (unpaired) electrons. The van der Waals surface area contributed by atoms with E-state index in [0.29, 0.717) is 12.8 Å². The number of hydrogen-bond acceptors (Lipinski definition) is 1. The van der Waals surface area contributed by atoms with Gasteiger partial charge in [-0.1, -0.05) is 0 Å². The number of rotatable bonds is 1. The van der Waals surface area contributed by atoms with Gasteiger partial charge in [-0.3, -0.25) is 4.79 Å². The molecule has 0 aromatic heterocycles. The highest BCUT2D eigenvalue weighted by Crippen LogP contribution is 2.27. The number of halogens is 1. The Bertz CT molecular complexity index is 126. The Morgan fingerprint density at radius 1 is 1.56 bits per heavy atom. The fraction of sp³-hybridized carbons (Fsp3) is 0.833. The number of nitrogens with two attached hydrogens (primary N) is 1. The first kappa shape index (κ1) is 6.52. The van der Waals surface area contributed by atoms with Gasteiger partial charge in [0.05, 0.1) is 5.92 Å². The largest absolute Gasteiger partial charge is 0.369 e. The van der Waals surface area contributed by atoms with Crippen LogP contribution >= 0.6 is 0 Å². The number of primary amides is 1. The van der Waals surface area contributed by atoms with E-state index in [1.165, 1.54) is 0 Å². The lowest BCUT2D eigenvalue weighted by molar-refractivity contribution is -0.123. The Balaban J connectivity index is 2.49. The van der Waals surface area contributed by atoms with E-state index in [0.717, 1.165) is 6.42 Å². The summed E-state index contributed by atoms with van der Waals surface area (Å²) in [5, 5.41) is 0. The van der Waals surface area contributed by atoms with Gasteiger partial charge in [0.25, 0.3) is 0 Å². The Labute approximate surface area is 53.2 Å². The zero-order valence-electron chi connectivity index (χ0n) is 5.14. The molecule has 3 heteroatoms. The first-order valence-electron chi connectivity index (χ1n) is 3.15. The van der Waals surface area contributed by atoms with E-state index in [4.69, 9.17) is 5.73 Å². The standard InChI is InChI=1S/C6H10FNO/c7-5-3-1-2-4(5)6(8)9/h4-5H,1-3H2,(H2,8,9). The Morgan fingerprint density at radius 3 is 2.44 bits per heavy atom. The molecule has 0 aliphatic heterocycles. The average molecular weight is 131 g/mol. The SMILES string of the molecule is NC(=O)C1CCCC1F. The van der Waals surface area contributed by atoms with Crippen molar-refractivity contribution in [1.82, 2.24) is 0 Å². The first-order valence-corrected chi connectivity index (χ1v) is 3.15. The lowest BCUT2D eigenvalue weighted by Crippen LogP contribution is -2.26. The second kappa shape index (κ2) is 2.33. The third kappa shape index (κ3) is 1.20. The van der Waals surface area contributed by atoms with Crippen molar-refractivity contribution >= 4 is 5.91 Å². The second-order valence-electron chi connectivity index (χ2n) is 2.46. The minimum Gasteiger partial charge on any atom is -0.369 e. The third-order valence-electron chi connectivity index (χ3n) is 1.80. The van der Waals surface area contributed by atoms with Gasteiger partial charge in [-0.2, -0.15) is 0 Å². The van der Waals surface area contributed by atoms with Gasteiger partial charge in [-0.05, 0) is 19.3 Å². The van der Waals surface area contributed by atoms with Crippen molar-refractivity contribution in [3.8, 4) is 0 Å². The zero-order chi connectivity index (χ0) is 6.85. The van der Waals surface area contributed by atoms with Crippen LogP contribution in [-0.2, 0) is 4.79 Å². The molecule has 1 fully saturated rings. The molecule has 2 unspecified atom stereocenters. The van der Waals surface area contributed by atoms with Crippen LogP contribution in [0.2, 0.25) is 0 Å². The van der Waals surface area contributed by atoms with Crippen LogP contribution in [0.4, 0.5) is 4.39 Å². The van der Waals surface area contributed by atoms with Gasteiger partial charge in [0.2, 0.25) is 5.91 Å². The molecule has 0 heterocycles. The van der Waals surface area contributed by atoms with Crippen LogP contribution < -0.4 is 5.73 Å². The van der Waals surface area contributed by atoms with Gasteiger partial charge >= 0.3 is 0 Å². The normalized spacial score (nSPS) is 34.8. The van der Waals surface area contributed by atoms with Crippen molar-refractivity contribution in [1.29, 1.82) is 0 Å². The topological polar surface area (TPSA) is 43.1 Å². The minimum atomic E-state index is -0.970. The number of hydrogen-bond donors (Lipinski definition) is 1. The van der Waals surface area contributed by atoms with E-state index >= 15 is 0 Å². The van der Waals surface area contributed by atoms with Crippen LogP contribution in [0.5, 0.6) is 0 Å². The number of amides is 1. The number of alkyl halides is 1. The molecule has 1 saturated carbocycles. The highest BCUT2D eigenvalue weighted by molar-refractivity contribution is 5.77. The average Bonchev–Trinajstić information content (AvgIpc) is 2.13. The fourth-order valence-corrected chi connectivity index (χ4v) is 1.24. The lowest BCUT2D eigenvalue weighted by Gasteiger charge is -2.05. The molecule has 0 bridgehead atoms. The van der Waals surface area contributed by atoms with Crippen molar-refractivity contribution in [2.24, 2.45) is 11.7 Å². The summed E-state index contributed by atoms with van der Waals surface area (Å²) in [6, 6.07) is 0. The van der Waals surface area contributed by atoms with E-state index in [9.17, 15) is 9.18 Å². The highest BCUT2D eigenvalue weighted by atomic mass is 19.1. The predicted molar refractivity (Wildman–Crippen MR) is 31.4 cm³/mol. The summed E-state index contributed by atoms with van der Waals surface area (Å²) in [7, 11) is 0. The number of carbonyl (C=O) groups excluding carboxylic acids is 1. The van der Waals surface area contributed by atoms with Crippen molar-refractivity contribution in [3.05, 3.63) is 0 Å². The first-order chi connectivity index (χ1) is 4.22. The maximum atomic E-state index is 12.5. The van der Waals surface area contributed by atoms with Crippen LogP contribution in [0.15, 0.2) is 0 Å². The maximum Gasteiger partial charge on any atom is 0.223 e. The number of carbonyl (C=O) groups is 1. The second-order valence-corrected chi connectivity index (χ2v) is 2.46. The lowest BCUT2D eigenvalue weighted by atomic mass is 10.1. The van der Waals surface area contributed by atoms with Gasteiger partial charge in [-0.25, -0.2) is 4.39 Å². The zero-order valence-corrected chi connectivity index (χ0v) is 5.14. The molecule has 1 rings (SSSR count). The summed E-state index contributed by atoms with van der Waals surface area (Å²) in [5.74, 6) is -0.981. The molecule has 1 amide bonds. The smallest absolute Gasteiger partial charge is 0.223 e. The van der Waals surface area contributed by atoms with E-state index < -0.39 is 18.0 Å². The Kier molecular flexibility index (Phi) is 1.69. The summed E-state index contributed by atoms with van der Waals surface area (Å²) in [4.78, 5) is 10.4. The summed E-state index contributed by atoms with van der Waals surface area (Å²) in [6.45, 7) is 0. The fourth-order valence-electron chi connectivity index (χ4n) is 1.24. The highest BCUT2D eigenvalue weighted by Gasteiger charge is 2.30. The van der Waals surface area contributed by atoms with Crippen LogP contribution in [-0.4, -0.2) is 12.1 Å². The van der Waals surface area contributed by atoms with E-state index in [2.05, 4.69) is 0 Å². The van der Waals surface area contributed by atoms with Gasteiger partial charge in [0.1, 0.15) is 6.17 Å². The van der Waals surface area contributed by atoms with E-state index in [-0.39, 0.29) is 0 Å². The van der Waals surface area contributed by atoms with Crippen molar-refractivity contribution in [2.75, 3.05) is 0 Å². The van der Waals surface area contributed by atoms with Crippen LogP contribution in [0.25, 0.3) is 0 Å². The van der Waals surface area contributed by atoms with Crippen molar-refractivity contribution in [2.45, 2.75) is 25.4 Å². The van der Waals surface area contributed by atoms with Crippen LogP contribution in [0.3, 0.4) is 0 Å². The summed E-state index contributed by atoms with van der Waals surface area (Å²) < 4.78 is 12.5. The summed E-state index contributed by atoms with van der Waals surface area (Å²) in [5.41, 5.74) is 4.91. The molecule has 0 spiro atoms. The van der Waals surface area contributed by atoms with Crippen LogP contribution in [0, 0.1) is 5.92 Å². The molecule has 0 aromatic rings. The van der Waals surface area contributed by atoms with Crippen molar-refractivity contribution in [3.63, 3.8) is 0 Å². The molecule has 1 aliphatic rings. The molecular weight excluding hydrogens is 121 g/mol. The molecular formula is C6H10FNO. The van der Waals surface area contributed by atoms with E-state index in [1.807, 2.05) is 0 Å². The Morgan fingerprint density at radius 2 is 2.22 bits per heavy atom. The van der Waals surface area contributed by atoms with E-state index in [1.54, 1.807) is 0 Å². The quantitative estimate of drug-likeness (QED) is 0.556. The molecule has 2 N–H and O–H groups in total. The monoisotopic (exact) mass is 131 g/mol. The van der Waals surface area contributed by atoms with Gasteiger partial charge < -0.3 is 5.73 Å². The molecule has 52 valence electrons. The summed E-state index contributed by atoms with van der Waals surface area (Å²) >= 11 is 0. The van der Waals surface area contributed by atoms with Crippen molar-refractivity contribution < 1.29 is 9.18 Å². The van der Waals surface area contributed by atoms with Gasteiger partial charge in [-0.15, -0.1) is 0 Å². The van der Waals surface area contributed by atoms with Crippen LogP contribution in [0.1, 0.15) is 19.3 Å². The molecule has 9 heavy (non-hydrogen) atoms. The summed E-state index contributed by atoms with van der Waals surface area (Å²) in [6.07, 6.45) is 0.973. The van der Waals surface area contributed by atoms with Gasteiger partial charge in [0.15, 0.2) is 0 Å². The third-order valence-corrected chi connectivity index (χ3v) is 1.80. The van der Waals surface area contributed by atoms with Gasteiger partial charge in [0, 0.05) is 0 Å². The molecule has 0 saturated heterocycles. The predicted octanol–water partition coefficient (Wildman–Crippen LogP) is 0.610. The molecule has 2 atom stereocenters. The molecule has 2 nitrogen and oxygen atoms in total. The molecule has 0 aromatic carbocycles. The maximum absolute atomic E-state index is 12.5.